The summed E-state index contributed by atoms with van der Waals surface area (Å²) in [5.41, 5.74) is 3.75. The lowest BCUT2D eigenvalue weighted by Gasteiger charge is -2.21. The molecule has 1 aromatic carbocycles. The largest absolute Gasteiger partial charge is 0.306 e. The number of rotatable bonds is 5. The Hall–Kier alpha value is 0.130. The summed E-state index contributed by atoms with van der Waals surface area (Å²) >= 11 is 15.0. The maximum absolute atomic E-state index is 6.07. The molecule has 5 heteroatoms. The molecule has 0 fully saturated rings. The van der Waals surface area contributed by atoms with Crippen molar-refractivity contribution >= 4 is 54.8 Å². The van der Waals surface area contributed by atoms with Gasteiger partial charge in [-0.05, 0) is 86.6 Å². The van der Waals surface area contributed by atoms with Crippen molar-refractivity contribution in [2.45, 2.75) is 26.3 Å². The number of aryl methyl sites for hydroxylation is 1. The van der Waals surface area contributed by atoms with Crippen LogP contribution in [0.5, 0.6) is 0 Å². The fourth-order valence-electron chi connectivity index (χ4n) is 2.19. The van der Waals surface area contributed by atoms with Gasteiger partial charge in [0.05, 0.1) is 13.6 Å². The molecule has 108 valence electrons. The van der Waals surface area contributed by atoms with Crippen LogP contribution in [-0.2, 0) is 0 Å². The lowest BCUT2D eigenvalue weighted by molar-refractivity contribution is 0.596. The van der Waals surface area contributed by atoms with E-state index in [-0.39, 0.29) is 6.04 Å². The van der Waals surface area contributed by atoms with Gasteiger partial charge in [-0.15, -0.1) is 11.3 Å². The molecule has 0 radical (unpaired) electrons. The van der Waals surface area contributed by atoms with Crippen LogP contribution >= 0.6 is 54.8 Å². The fraction of sp³-hybridized carbons (Fsp3) is 0.333. The Morgan fingerprint density at radius 2 is 2.00 bits per heavy atom. The van der Waals surface area contributed by atoms with Gasteiger partial charge in [-0.1, -0.05) is 24.6 Å². The fourth-order valence-corrected chi connectivity index (χ4v) is 5.32. The van der Waals surface area contributed by atoms with E-state index < -0.39 is 0 Å². The van der Waals surface area contributed by atoms with Gasteiger partial charge in [0.15, 0.2) is 0 Å². The standard InChI is InChI=1S/C15H16Br2ClNS/c1-3-6-19-14(12-8-13(16)20-15(12)17)11-5-4-10(18)7-9(11)2/h4-5,7-8,14,19H,3,6H2,1-2H3. The Kier molecular flexibility index (Phi) is 6.11. The van der Waals surface area contributed by atoms with Crippen LogP contribution in [0.1, 0.15) is 36.1 Å². The van der Waals surface area contributed by atoms with Crippen LogP contribution in [0.25, 0.3) is 0 Å². The van der Waals surface area contributed by atoms with Gasteiger partial charge in [-0.3, -0.25) is 0 Å². The molecule has 2 aromatic rings. The lowest BCUT2D eigenvalue weighted by Crippen LogP contribution is -2.23. The third-order valence-electron chi connectivity index (χ3n) is 3.14. The molecule has 0 aliphatic rings. The highest BCUT2D eigenvalue weighted by atomic mass is 79.9. The van der Waals surface area contributed by atoms with Crippen molar-refractivity contribution in [2.75, 3.05) is 6.54 Å². The van der Waals surface area contributed by atoms with Crippen molar-refractivity contribution in [1.82, 2.24) is 5.32 Å². The van der Waals surface area contributed by atoms with Gasteiger partial charge in [0.2, 0.25) is 0 Å². The summed E-state index contributed by atoms with van der Waals surface area (Å²) in [6.07, 6.45) is 1.10. The molecule has 0 aliphatic heterocycles. The number of nitrogens with one attached hydrogen (secondary N) is 1. The molecule has 0 saturated carbocycles. The topological polar surface area (TPSA) is 12.0 Å². The maximum Gasteiger partial charge on any atom is 0.0761 e. The van der Waals surface area contributed by atoms with Crippen molar-refractivity contribution in [3.63, 3.8) is 0 Å². The zero-order chi connectivity index (χ0) is 14.7. The molecule has 1 N–H and O–H groups in total. The van der Waals surface area contributed by atoms with Crippen LogP contribution in [-0.4, -0.2) is 6.54 Å². The summed E-state index contributed by atoms with van der Waals surface area (Å²) in [5.74, 6) is 0. The van der Waals surface area contributed by atoms with E-state index in [1.807, 2.05) is 12.1 Å². The van der Waals surface area contributed by atoms with Crippen LogP contribution < -0.4 is 5.32 Å². The summed E-state index contributed by atoms with van der Waals surface area (Å²) in [7, 11) is 0. The van der Waals surface area contributed by atoms with Gasteiger partial charge in [0.1, 0.15) is 0 Å². The van der Waals surface area contributed by atoms with E-state index in [9.17, 15) is 0 Å². The minimum absolute atomic E-state index is 0.184. The van der Waals surface area contributed by atoms with Crippen LogP contribution in [0.15, 0.2) is 31.8 Å². The third-order valence-corrected chi connectivity index (χ3v) is 5.76. The van der Waals surface area contributed by atoms with E-state index in [1.54, 1.807) is 11.3 Å². The first-order valence-corrected chi connectivity index (χ1v) is 9.25. The maximum atomic E-state index is 6.07. The summed E-state index contributed by atoms with van der Waals surface area (Å²) < 4.78 is 2.29. The Balaban J connectivity index is 2.44. The van der Waals surface area contributed by atoms with Crippen LogP contribution in [0.4, 0.5) is 0 Å². The van der Waals surface area contributed by atoms with E-state index in [2.05, 4.69) is 63.2 Å². The van der Waals surface area contributed by atoms with Crippen molar-refractivity contribution in [1.29, 1.82) is 0 Å². The quantitative estimate of drug-likeness (QED) is 0.577. The second kappa shape index (κ2) is 7.41. The molecule has 0 saturated heterocycles. The molecule has 1 nitrogen and oxygen atoms in total. The van der Waals surface area contributed by atoms with Crippen LogP contribution in [0.3, 0.4) is 0 Å². The highest BCUT2D eigenvalue weighted by molar-refractivity contribution is 9.12. The normalized spacial score (nSPS) is 12.7. The van der Waals surface area contributed by atoms with E-state index in [0.29, 0.717) is 0 Å². The molecular formula is C15H16Br2ClNS. The van der Waals surface area contributed by atoms with Crippen molar-refractivity contribution in [3.8, 4) is 0 Å². The average molecular weight is 438 g/mol. The molecule has 0 amide bonds. The van der Waals surface area contributed by atoms with Crippen molar-refractivity contribution in [2.24, 2.45) is 0 Å². The Labute approximate surface area is 146 Å². The molecule has 20 heavy (non-hydrogen) atoms. The summed E-state index contributed by atoms with van der Waals surface area (Å²) in [6, 6.07) is 8.45. The average Bonchev–Trinajstić information content (AvgIpc) is 2.71. The van der Waals surface area contributed by atoms with Crippen molar-refractivity contribution < 1.29 is 0 Å². The molecule has 1 unspecified atom stereocenters. The van der Waals surface area contributed by atoms with Gasteiger partial charge < -0.3 is 5.32 Å². The van der Waals surface area contributed by atoms with Gasteiger partial charge in [0, 0.05) is 5.02 Å². The first kappa shape index (κ1) is 16.5. The van der Waals surface area contributed by atoms with Crippen LogP contribution in [0, 0.1) is 6.92 Å². The highest BCUT2D eigenvalue weighted by Crippen LogP contribution is 2.38. The second-order valence-corrected chi connectivity index (χ2v) is 8.85. The number of hydrogen-bond acceptors (Lipinski definition) is 2. The first-order chi connectivity index (χ1) is 9.52. The zero-order valence-electron chi connectivity index (χ0n) is 11.3. The smallest absolute Gasteiger partial charge is 0.0761 e. The van der Waals surface area contributed by atoms with E-state index in [1.165, 1.54) is 16.7 Å². The van der Waals surface area contributed by atoms with Crippen molar-refractivity contribution in [3.05, 3.63) is 53.6 Å². The Morgan fingerprint density at radius 1 is 1.25 bits per heavy atom. The second-order valence-electron chi connectivity index (χ2n) is 4.67. The van der Waals surface area contributed by atoms with E-state index >= 15 is 0 Å². The minimum Gasteiger partial charge on any atom is -0.306 e. The predicted molar refractivity (Wildman–Crippen MR) is 96.0 cm³/mol. The number of halogens is 3. The Bertz CT molecular complexity index is 598. The Morgan fingerprint density at radius 3 is 2.55 bits per heavy atom. The molecular weight excluding hydrogens is 422 g/mol. The minimum atomic E-state index is 0.184. The molecule has 2 rings (SSSR count). The molecule has 1 heterocycles. The SMILES string of the molecule is CCCNC(c1ccc(Cl)cc1C)c1cc(Br)sc1Br. The van der Waals surface area contributed by atoms with E-state index in [4.69, 9.17) is 11.6 Å². The van der Waals surface area contributed by atoms with Crippen LogP contribution in [0.2, 0.25) is 5.02 Å². The van der Waals surface area contributed by atoms with Gasteiger partial charge in [-0.25, -0.2) is 0 Å². The summed E-state index contributed by atoms with van der Waals surface area (Å²) in [6.45, 7) is 5.27. The van der Waals surface area contributed by atoms with Gasteiger partial charge in [0.25, 0.3) is 0 Å². The lowest BCUT2D eigenvalue weighted by atomic mass is 9.97. The number of hydrogen-bond donors (Lipinski definition) is 1. The molecule has 0 bridgehead atoms. The third kappa shape index (κ3) is 3.86. The first-order valence-electron chi connectivity index (χ1n) is 6.47. The molecule has 0 aliphatic carbocycles. The van der Waals surface area contributed by atoms with Gasteiger partial charge >= 0.3 is 0 Å². The molecule has 1 atom stereocenters. The number of thiophene rings is 1. The predicted octanol–water partition coefficient (Wildman–Crippen LogP) is 6.32. The van der Waals surface area contributed by atoms with E-state index in [0.717, 1.165) is 25.6 Å². The summed E-state index contributed by atoms with van der Waals surface area (Å²) in [5, 5.41) is 4.41. The molecule has 0 spiro atoms. The highest BCUT2D eigenvalue weighted by Gasteiger charge is 2.20. The van der Waals surface area contributed by atoms with Gasteiger partial charge in [-0.2, -0.15) is 0 Å². The molecule has 1 aromatic heterocycles. The monoisotopic (exact) mass is 435 g/mol. The zero-order valence-corrected chi connectivity index (χ0v) is 16.1. The number of benzene rings is 1. The summed E-state index contributed by atoms with van der Waals surface area (Å²) in [4.78, 5) is 0.